The fraction of sp³-hybridized carbons (Fsp3) is 0.333. The first kappa shape index (κ1) is 16.0. The minimum atomic E-state index is -0.200. The zero-order chi connectivity index (χ0) is 15.9. The van der Waals surface area contributed by atoms with Crippen LogP contribution in [0.4, 0.5) is 5.69 Å². The lowest BCUT2D eigenvalue weighted by Gasteiger charge is -2.08. The average Bonchev–Trinajstić information content (AvgIpc) is 2.50. The lowest BCUT2D eigenvalue weighted by Crippen LogP contribution is -2.26. The van der Waals surface area contributed by atoms with Gasteiger partial charge in [-0.25, -0.2) is 0 Å². The van der Waals surface area contributed by atoms with Crippen LogP contribution < -0.4 is 10.9 Å². The highest BCUT2D eigenvalue weighted by atomic mass is 16.2. The molecule has 1 heterocycles. The molecule has 1 aromatic carbocycles. The van der Waals surface area contributed by atoms with Crippen LogP contribution in [0.25, 0.3) is 0 Å². The monoisotopic (exact) mass is 298 g/mol. The van der Waals surface area contributed by atoms with Crippen molar-refractivity contribution in [1.82, 2.24) is 4.57 Å². The molecule has 0 unspecified atom stereocenters. The largest absolute Gasteiger partial charge is 0.325 e. The predicted molar refractivity (Wildman–Crippen MR) is 89.1 cm³/mol. The van der Waals surface area contributed by atoms with E-state index in [1.54, 1.807) is 12.3 Å². The van der Waals surface area contributed by atoms with Gasteiger partial charge in [-0.05, 0) is 43.0 Å². The van der Waals surface area contributed by atoms with Crippen LogP contribution in [0.3, 0.4) is 0 Å². The second-order valence-corrected chi connectivity index (χ2v) is 5.52. The molecule has 4 nitrogen and oxygen atoms in total. The van der Waals surface area contributed by atoms with Gasteiger partial charge in [0.25, 0.3) is 5.56 Å². The number of carbonyl (C=O) groups excluding carboxylic acids is 1. The van der Waals surface area contributed by atoms with Gasteiger partial charge in [0, 0.05) is 18.0 Å². The number of rotatable bonds is 6. The molecule has 116 valence electrons. The maximum absolute atomic E-state index is 12.0. The van der Waals surface area contributed by atoms with Crippen molar-refractivity contribution in [2.45, 2.75) is 39.7 Å². The van der Waals surface area contributed by atoms with Crippen molar-refractivity contribution in [2.24, 2.45) is 0 Å². The van der Waals surface area contributed by atoms with Gasteiger partial charge < -0.3 is 9.88 Å². The van der Waals surface area contributed by atoms with Gasteiger partial charge in [-0.1, -0.05) is 31.5 Å². The molecule has 0 aliphatic carbocycles. The number of amides is 1. The Morgan fingerprint density at radius 2 is 1.86 bits per heavy atom. The van der Waals surface area contributed by atoms with E-state index in [-0.39, 0.29) is 18.0 Å². The quantitative estimate of drug-likeness (QED) is 0.890. The van der Waals surface area contributed by atoms with E-state index in [4.69, 9.17) is 0 Å². The summed E-state index contributed by atoms with van der Waals surface area (Å²) in [5, 5.41) is 2.82. The summed E-state index contributed by atoms with van der Waals surface area (Å²) in [6.45, 7) is 4.09. The lowest BCUT2D eigenvalue weighted by atomic mass is 10.1. The van der Waals surface area contributed by atoms with E-state index in [0.717, 1.165) is 17.7 Å². The highest BCUT2D eigenvalue weighted by Gasteiger charge is 2.05. The van der Waals surface area contributed by atoms with Gasteiger partial charge in [0.05, 0.1) is 0 Å². The smallest absolute Gasteiger partial charge is 0.251 e. The van der Waals surface area contributed by atoms with Gasteiger partial charge in [-0.15, -0.1) is 0 Å². The number of aromatic nitrogens is 1. The summed E-state index contributed by atoms with van der Waals surface area (Å²) in [7, 11) is 0. The maximum atomic E-state index is 12.0. The number of aryl methyl sites for hydroxylation is 2. The highest BCUT2D eigenvalue weighted by molar-refractivity contribution is 5.90. The van der Waals surface area contributed by atoms with Gasteiger partial charge >= 0.3 is 0 Å². The van der Waals surface area contributed by atoms with Crippen molar-refractivity contribution >= 4 is 11.6 Å². The summed E-state index contributed by atoms with van der Waals surface area (Å²) in [4.78, 5) is 23.7. The molecule has 0 aliphatic heterocycles. The Bertz CT molecular complexity index is 687. The summed E-state index contributed by atoms with van der Waals surface area (Å²) < 4.78 is 1.42. The van der Waals surface area contributed by atoms with E-state index in [2.05, 4.69) is 12.2 Å². The Labute approximate surface area is 130 Å². The minimum absolute atomic E-state index is 0.0259. The molecule has 0 radical (unpaired) electrons. The van der Waals surface area contributed by atoms with Crippen LogP contribution in [-0.2, 0) is 17.8 Å². The van der Waals surface area contributed by atoms with E-state index in [1.807, 2.05) is 31.2 Å². The van der Waals surface area contributed by atoms with Crippen LogP contribution in [0.5, 0.6) is 0 Å². The standard InChI is InChI=1S/C18H22N2O2/c1-3-4-5-15-7-9-16(10-8-15)19-17(21)13-20-12-14(2)6-11-18(20)22/h6-12H,3-5,13H2,1-2H3,(H,19,21). The molecule has 22 heavy (non-hydrogen) atoms. The Morgan fingerprint density at radius 1 is 1.14 bits per heavy atom. The average molecular weight is 298 g/mol. The molecule has 2 aromatic rings. The van der Waals surface area contributed by atoms with Gasteiger partial charge in [-0.2, -0.15) is 0 Å². The topological polar surface area (TPSA) is 51.1 Å². The van der Waals surface area contributed by atoms with Crippen LogP contribution in [-0.4, -0.2) is 10.5 Å². The molecule has 0 atom stereocenters. The Balaban J connectivity index is 1.97. The molecule has 1 N–H and O–H groups in total. The number of benzene rings is 1. The maximum Gasteiger partial charge on any atom is 0.251 e. The van der Waals surface area contributed by atoms with E-state index >= 15 is 0 Å². The molecular formula is C18H22N2O2. The molecule has 4 heteroatoms. The zero-order valence-corrected chi connectivity index (χ0v) is 13.1. The molecule has 0 saturated heterocycles. The van der Waals surface area contributed by atoms with Crippen molar-refractivity contribution < 1.29 is 4.79 Å². The number of unbranched alkanes of at least 4 members (excludes halogenated alkanes) is 1. The first-order valence-corrected chi connectivity index (χ1v) is 7.64. The van der Waals surface area contributed by atoms with Gasteiger partial charge in [0.1, 0.15) is 6.54 Å². The van der Waals surface area contributed by atoms with Crippen molar-refractivity contribution in [3.05, 3.63) is 64.1 Å². The molecule has 0 fully saturated rings. The Kier molecular flexibility index (Phi) is 5.53. The van der Waals surface area contributed by atoms with Gasteiger partial charge in [0.2, 0.25) is 5.91 Å². The number of pyridine rings is 1. The number of hydrogen-bond acceptors (Lipinski definition) is 2. The second kappa shape index (κ2) is 7.59. The summed E-state index contributed by atoms with van der Waals surface area (Å²) in [5.74, 6) is -0.200. The molecule has 1 amide bonds. The molecule has 0 bridgehead atoms. The summed E-state index contributed by atoms with van der Waals surface area (Å²) in [5.41, 5.74) is 2.81. The van der Waals surface area contributed by atoms with E-state index in [0.29, 0.717) is 0 Å². The summed E-state index contributed by atoms with van der Waals surface area (Å²) in [6, 6.07) is 11.1. The second-order valence-electron chi connectivity index (χ2n) is 5.52. The van der Waals surface area contributed by atoms with Crippen LogP contribution >= 0.6 is 0 Å². The first-order valence-electron chi connectivity index (χ1n) is 7.64. The minimum Gasteiger partial charge on any atom is -0.325 e. The van der Waals surface area contributed by atoms with E-state index in [1.165, 1.54) is 29.0 Å². The predicted octanol–water partition coefficient (Wildman–Crippen LogP) is 3.14. The number of anilines is 1. The Hall–Kier alpha value is -2.36. The number of nitrogens with zero attached hydrogens (tertiary/aromatic N) is 1. The SMILES string of the molecule is CCCCc1ccc(NC(=O)Cn2cc(C)ccc2=O)cc1. The fourth-order valence-electron chi connectivity index (χ4n) is 2.27. The summed E-state index contributed by atoms with van der Waals surface area (Å²) >= 11 is 0. The molecule has 2 rings (SSSR count). The number of carbonyl (C=O) groups is 1. The number of hydrogen-bond donors (Lipinski definition) is 1. The van der Waals surface area contributed by atoms with Crippen molar-refractivity contribution in [1.29, 1.82) is 0 Å². The Morgan fingerprint density at radius 3 is 2.55 bits per heavy atom. The lowest BCUT2D eigenvalue weighted by molar-refractivity contribution is -0.116. The van der Waals surface area contributed by atoms with Crippen LogP contribution in [0.1, 0.15) is 30.9 Å². The molecule has 0 spiro atoms. The normalized spacial score (nSPS) is 10.5. The van der Waals surface area contributed by atoms with Crippen molar-refractivity contribution in [3.8, 4) is 0 Å². The van der Waals surface area contributed by atoms with Crippen LogP contribution in [0.2, 0.25) is 0 Å². The molecular weight excluding hydrogens is 276 g/mol. The third-order valence-corrected chi connectivity index (χ3v) is 3.50. The highest BCUT2D eigenvalue weighted by Crippen LogP contribution is 2.11. The first-order chi connectivity index (χ1) is 10.6. The molecule has 0 aliphatic rings. The van der Waals surface area contributed by atoms with Gasteiger partial charge in [-0.3, -0.25) is 9.59 Å². The summed E-state index contributed by atoms with van der Waals surface area (Å²) in [6.07, 6.45) is 5.09. The number of nitrogens with one attached hydrogen (secondary N) is 1. The van der Waals surface area contributed by atoms with Crippen molar-refractivity contribution in [2.75, 3.05) is 5.32 Å². The van der Waals surface area contributed by atoms with Crippen molar-refractivity contribution in [3.63, 3.8) is 0 Å². The van der Waals surface area contributed by atoms with Crippen LogP contribution in [0.15, 0.2) is 47.4 Å². The zero-order valence-electron chi connectivity index (χ0n) is 13.1. The third-order valence-electron chi connectivity index (χ3n) is 3.50. The molecule has 1 aromatic heterocycles. The molecule has 0 saturated carbocycles. The fourth-order valence-corrected chi connectivity index (χ4v) is 2.27. The third kappa shape index (κ3) is 4.58. The van der Waals surface area contributed by atoms with Gasteiger partial charge in [0.15, 0.2) is 0 Å². The van der Waals surface area contributed by atoms with Crippen LogP contribution in [0, 0.1) is 6.92 Å². The van der Waals surface area contributed by atoms with E-state index < -0.39 is 0 Å². The van der Waals surface area contributed by atoms with E-state index in [9.17, 15) is 9.59 Å².